The summed E-state index contributed by atoms with van der Waals surface area (Å²) in [6, 6.07) is 6.67. The van der Waals surface area contributed by atoms with E-state index in [0.717, 1.165) is 23.7 Å². The lowest BCUT2D eigenvalue weighted by molar-refractivity contribution is -0.121. The van der Waals surface area contributed by atoms with Gasteiger partial charge in [-0.3, -0.25) is 4.79 Å². The zero-order valence-electron chi connectivity index (χ0n) is 10.8. The number of aryl methyl sites for hydroxylation is 2. The molecule has 2 rings (SSSR count). The first-order chi connectivity index (χ1) is 8.65. The van der Waals surface area contributed by atoms with Crippen LogP contribution >= 0.6 is 15.9 Å². The summed E-state index contributed by atoms with van der Waals surface area (Å²) in [4.78, 5) is 11.8. The van der Waals surface area contributed by atoms with Crippen molar-refractivity contribution >= 4 is 21.8 Å². The van der Waals surface area contributed by atoms with E-state index in [1.54, 1.807) is 0 Å². The zero-order chi connectivity index (χ0) is 13.0. The molecule has 0 bridgehead atoms. The maximum absolute atomic E-state index is 11.8. The Morgan fingerprint density at radius 1 is 1.39 bits per heavy atom. The molecule has 0 heterocycles. The summed E-state index contributed by atoms with van der Waals surface area (Å²) in [5.41, 5.74) is 2.51. The van der Waals surface area contributed by atoms with Gasteiger partial charge in [-0.05, 0) is 49.4 Å². The van der Waals surface area contributed by atoms with Gasteiger partial charge in [0.2, 0.25) is 5.91 Å². The number of halogens is 1. The quantitative estimate of drug-likeness (QED) is 0.901. The summed E-state index contributed by atoms with van der Waals surface area (Å²) in [6.45, 7) is 2.09. The van der Waals surface area contributed by atoms with Crippen LogP contribution in [-0.4, -0.2) is 11.9 Å². The van der Waals surface area contributed by atoms with Gasteiger partial charge in [0.1, 0.15) is 0 Å². The highest BCUT2D eigenvalue weighted by molar-refractivity contribution is 9.10. The summed E-state index contributed by atoms with van der Waals surface area (Å²) in [7, 11) is 0. The van der Waals surface area contributed by atoms with E-state index in [4.69, 9.17) is 0 Å². The van der Waals surface area contributed by atoms with Crippen molar-refractivity contribution in [2.75, 3.05) is 0 Å². The monoisotopic (exact) mass is 309 g/mol. The molecular formula is C15H20BrNO. The van der Waals surface area contributed by atoms with Gasteiger partial charge in [-0.2, -0.15) is 0 Å². The minimum absolute atomic E-state index is 0.196. The number of amides is 1. The van der Waals surface area contributed by atoms with Gasteiger partial charge < -0.3 is 5.32 Å². The Hall–Kier alpha value is -0.830. The van der Waals surface area contributed by atoms with E-state index in [1.807, 2.05) is 6.07 Å². The number of hydrogen-bond donors (Lipinski definition) is 1. The summed E-state index contributed by atoms with van der Waals surface area (Å²) in [5, 5.41) is 3.13. The first kappa shape index (κ1) is 13.6. The van der Waals surface area contributed by atoms with Crippen LogP contribution in [0.4, 0.5) is 0 Å². The van der Waals surface area contributed by atoms with Gasteiger partial charge in [-0.25, -0.2) is 0 Å². The number of carbonyl (C=O) groups is 1. The van der Waals surface area contributed by atoms with Crippen molar-refractivity contribution in [3.05, 3.63) is 33.8 Å². The maximum atomic E-state index is 11.8. The molecule has 3 heteroatoms. The largest absolute Gasteiger partial charge is 0.353 e. The molecule has 0 unspecified atom stereocenters. The predicted molar refractivity (Wildman–Crippen MR) is 77.6 cm³/mol. The molecule has 1 fully saturated rings. The molecule has 0 radical (unpaired) electrons. The van der Waals surface area contributed by atoms with Crippen molar-refractivity contribution in [3.63, 3.8) is 0 Å². The van der Waals surface area contributed by atoms with Crippen LogP contribution in [0.1, 0.15) is 43.2 Å². The van der Waals surface area contributed by atoms with Gasteiger partial charge in [-0.1, -0.05) is 34.8 Å². The van der Waals surface area contributed by atoms with Crippen molar-refractivity contribution < 1.29 is 4.79 Å². The maximum Gasteiger partial charge on any atom is 0.220 e. The Balaban J connectivity index is 1.83. The van der Waals surface area contributed by atoms with E-state index in [-0.39, 0.29) is 5.91 Å². The molecule has 98 valence electrons. The van der Waals surface area contributed by atoms with Crippen LogP contribution in [0.3, 0.4) is 0 Å². The lowest BCUT2D eigenvalue weighted by atomic mass is 10.0. The van der Waals surface area contributed by atoms with Gasteiger partial charge in [0.25, 0.3) is 0 Å². The van der Waals surface area contributed by atoms with Crippen LogP contribution in [0.15, 0.2) is 22.7 Å². The smallest absolute Gasteiger partial charge is 0.220 e. The Morgan fingerprint density at radius 2 is 2.11 bits per heavy atom. The molecule has 1 aromatic carbocycles. The molecular weight excluding hydrogens is 290 g/mol. The van der Waals surface area contributed by atoms with E-state index >= 15 is 0 Å². The first-order valence-corrected chi connectivity index (χ1v) is 7.49. The van der Waals surface area contributed by atoms with E-state index in [2.05, 4.69) is 40.3 Å². The second-order valence-corrected chi connectivity index (χ2v) is 6.04. The third kappa shape index (κ3) is 3.84. The number of benzene rings is 1. The van der Waals surface area contributed by atoms with Crippen LogP contribution in [0.25, 0.3) is 0 Å². The third-order valence-electron chi connectivity index (χ3n) is 3.65. The van der Waals surface area contributed by atoms with Crippen LogP contribution in [-0.2, 0) is 11.2 Å². The minimum Gasteiger partial charge on any atom is -0.353 e. The van der Waals surface area contributed by atoms with E-state index < -0.39 is 0 Å². The molecule has 1 aliphatic rings. The van der Waals surface area contributed by atoms with E-state index in [1.165, 1.54) is 24.0 Å². The van der Waals surface area contributed by atoms with E-state index in [0.29, 0.717) is 12.5 Å². The molecule has 0 saturated heterocycles. The molecule has 1 aliphatic carbocycles. The molecule has 1 amide bonds. The number of carbonyl (C=O) groups excluding carboxylic acids is 1. The fourth-order valence-electron chi connectivity index (χ4n) is 2.53. The molecule has 1 N–H and O–H groups in total. The number of rotatable bonds is 4. The predicted octanol–water partition coefficient (Wildman–Crippen LogP) is 3.75. The molecule has 1 aromatic rings. The van der Waals surface area contributed by atoms with Gasteiger partial charge in [0.05, 0.1) is 0 Å². The summed E-state index contributed by atoms with van der Waals surface area (Å²) in [6.07, 6.45) is 6.24. The van der Waals surface area contributed by atoms with Crippen molar-refractivity contribution in [2.24, 2.45) is 0 Å². The Kier molecular flexibility index (Phi) is 4.81. The molecule has 0 aromatic heterocycles. The van der Waals surface area contributed by atoms with Gasteiger partial charge in [0.15, 0.2) is 0 Å². The average molecular weight is 310 g/mol. The highest BCUT2D eigenvalue weighted by atomic mass is 79.9. The Morgan fingerprint density at radius 3 is 2.83 bits per heavy atom. The van der Waals surface area contributed by atoms with Gasteiger partial charge in [0, 0.05) is 16.9 Å². The first-order valence-electron chi connectivity index (χ1n) is 6.69. The molecule has 1 saturated carbocycles. The Labute approximate surface area is 117 Å². The molecule has 0 atom stereocenters. The molecule has 2 nitrogen and oxygen atoms in total. The SMILES string of the molecule is Cc1ccc(Br)cc1CCC(=O)NC1CCCC1. The van der Waals surface area contributed by atoms with Crippen LogP contribution in [0.5, 0.6) is 0 Å². The topological polar surface area (TPSA) is 29.1 Å². The average Bonchev–Trinajstić information content (AvgIpc) is 2.83. The zero-order valence-corrected chi connectivity index (χ0v) is 12.4. The fraction of sp³-hybridized carbons (Fsp3) is 0.533. The van der Waals surface area contributed by atoms with Crippen LogP contribution in [0.2, 0.25) is 0 Å². The highest BCUT2D eigenvalue weighted by Crippen LogP contribution is 2.19. The van der Waals surface area contributed by atoms with Gasteiger partial charge >= 0.3 is 0 Å². The molecule has 0 spiro atoms. The van der Waals surface area contributed by atoms with Crippen LogP contribution < -0.4 is 5.32 Å². The van der Waals surface area contributed by atoms with Gasteiger partial charge in [-0.15, -0.1) is 0 Å². The van der Waals surface area contributed by atoms with Crippen molar-refractivity contribution in [1.82, 2.24) is 5.32 Å². The molecule has 0 aliphatic heterocycles. The number of nitrogens with one attached hydrogen (secondary N) is 1. The second-order valence-electron chi connectivity index (χ2n) is 5.12. The normalized spacial score (nSPS) is 15.9. The number of hydrogen-bond acceptors (Lipinski definition) is 1. The summed E-state index contributed by atoms with van der Waals surface area (Å²) in [5.74, 6) is 0.196. The highest BCUT2D eigenvalue weighted by Gasteiger charge is 2.16. The van der Waals surface area contributed by atoms with Crippen molar-refractivity contribution in [1.29, 1.82) is 0 Å². The molecule has 18 heavy (non-hydrogen) atoms. The second kappa shape index (κ2) is 6.37. The standard InChI is InChI=1S/C15H20BrNO/c1-11-6-8-13(16)10-12(11)7-9-15(18)17-14-4-2-3-5-14/h6,8,10,14H,2-5,7,9H2,1H3,(H,17,18). The third-order valence-corrected chi connectivity index (χ3v) is 4.15. The lowest BCUT2D eigenvalue weighted by Gasteiger charge is -2.12. The minimum atomic E-state index is 0.196. The van der Waals surface area contributed by atoms with E-state index in [9.17, 15) is 4.79 Å². The van der Waals surface area contributed by atoms with Crippen molar-refractivity contribution in [2.45, 2.75) is 51.5 Å². The van der Waals surface area contributed by atoms with Crippen molar-refractivity contribution in [3.8, 4) is 0 Å². The summed E-state index contributed by atoms with van der Waals surface area (Å²) >= 11 is 3.47. The summed E-state index contributed by atoms with van der Waals surface area (Å²) < 4.78 is 1.08. The lowest BCUT2D eigenvalue weighted by Crippen LogP contribution is -2.32. The fourth-order valence-corrected chi connectivity index (χ4v) is 2.94. The van der Waals surface area contributed by atoms with Crippen LogP contribution in [0, 0.1) is 6.92 Å². The Bertz CT molecular complexity index is 425.